The third-order valence-electron chi connectivity index (χ3n) is 3.54. The highest BCUT2D eigenvalue weighted by Crippen LogP contribution is 2.23. The van der Waals surface area contributed by atoms with Gasteiger partial charge in [0.1, 0.15) is 11.9 Å². The van der Waals surface area contributed by atoms with Gasteiger partial charge in [0.25, 0.3) is 0 Å². The molecule has 2 N–H and O–H groups in total. The third kappa shape index (κ3) is 3.23. The molecule has 1 unspecified atom stereocenters. The molecule has 2 rings (SSSR count). The SMILES string of the molecule is CNCc1ccc(N2CCCCC2C(=O)NC)nc1. The number of hydrogen-bond donors (Lipinski definition) is 2. The van der Waals surface area contributed by atoms with E-state index in [9.17, 15) is 4.79 Å². The van der Waals surface area contributed by atoms with Crippen molar-refractivity contribution in [2.45, 2.75) is 31.8 Å². The summed E-state index contributed by atoms with van der Waals surface area (Å²) >= 11 is 0. The first kappa shape index (κ1) is 13.8. The van der Waals surface area contributed by atoms with Gasteiger partial charge in [-0.25, -0.2) is 4.98 Å². The number of aromatic nitrogens is 1. The molecule has 5 nitrogen and oxygen atoms in total. The maximum Gasteiger partial charge on any atom is 0.242 e. The number of carbonyl (C=O) groups excluding carboxylic acids is 1. The van der Waals surface area contributed by atoms with E-state index in [1.165, 1.54) is 0 Å². The van der Waals surface area contributed by atoms with E-state index >= 15 is 0 Å². The van der Waals surface area contributed by atoms with Crippen molar-refractivity contribution in [1.82, 2.24) is 15.6 Å². The van der Waals surface area contributed by atoms with Crippen molar-refractivity contribution >= 4 is 11.7 Å². The summed E-state index contributed by atoms with van der Waals surface area (Å²) in [6.07, 6.45) is 5.00. The summed E-state index contributed by atoms with van der Waals surface area (Å²) in [5, 5.41) is 5.85. The molecule has 0 radical (unpaired) electrons. The summed E-state index contributed by atoms with van der Waals surface area (Å²) < 4.78 is 0. The number of pyridine rings is 1. The maximum absolute atomic E-state index is 11.9. The van der Waals surface area contributed by atoms with Crippen molar-refractivity contribution in [2.75, 3.05) is 25.5 Å². The predicted octanol–water partition coefficient (Wildman–Crippen LogP) is 0.906. The fourth-order valence-corrected chi connectivity index (χ4v) is 2.54. The Labute approximate surface area is 114 Å². The van der Waals surface area contributed by atoms with Gasteiger partial charge in [-0.3, -0.25) is 4.79 Å². The lowest BCUT2D eigenvalue weighted by Crippen LogP contribution is -2.49. The molecule has 5 heteroatoms. The molecule has 1 atom stereocenters. The molecule has 1 saturated heterocycles. The van der Waals surface area contributed by atoms with Crippen LogP contribution in [0, 0.1) is 0 Å². The van der Waals surface area contributed by atoms with Crippen molar-refractivity contribution in [3.8, 4) is 0 Å². The van der Waals surface area contributed by atoms with E-state index in [0.29, 0.717) is 0 Å². The molecule has 0 aliphatic carbocycles. The van der Waals surface area contributed by atoms with Gasteiger partial charge in [-0.2, -0.15) is 0 Å². The summed E-state index contributed by atoms with van der Waals surface area (Å²) in [6, 6.07) is 3.99. The van der Waals surface area contributed by atoms with Crippen LogP contribution in [0.2, 0.25) is 0 Å². The number of anilines is 1. The zero-order chi connectivity index (χ0) is 13.7. The normalized spacial score (nSPS) is 19.3. The van der Waals surface area contributed by atoms with E-state index in [1.54, 1.807) is 7.05 Å². The summed E-state index contributed by atoms with van der Waals surface area (Å²) in [7, 11) is 3.61. The van der Waals surface area contributed by atoms with Crippen LogP contribution < -0.4 is 15.5 Å². The molecule has 104 valence electrons. The van der Waals surface area contributed by atoms with Gasteiger partial charge >= 0.3 is 0 Å². The van der Waals surface area contributed by atoms with Crippen molar-refractivity contribution in [1.29, 1.82) is 0 Å². The van der Waals surface area contributed by atoms with E-state index < -0.39 is 0 Å². The molecule has 0 spiro atoms. The summed E-state index contributed by atoms with van der Waals surface area (Å²) in [4.78, 5) is 18.5. The van der Waals surface area contributed by atoms with Crippen LogP contribution in [-0.4, -0.2) is 37.6 Å². The fourth-order valence-electron chi connectivity index (χ4n) is 2.54. The average molecular weight is 262 g/mol. The van der Waals surface area contributed by atoms with Crippen LogP contribution in [-0.2, 0) is 11.3 Å². The van der Waals surface area contributed by atoms with Gasteiger partial charge < -0.3 is 15.5 Å². The summed E-state index contributed by atoms with van der Waals surface area (Å²) in [6.45, 7) is 1.71. The van der Waals surface area contributed by atoms with Crippen LogP contribution in [0.5, 0.6) is 0 Å². The molecular formula is C14H22N4O. The molecular weight excluding hydrogens is 240 g/mol. The second-order valence-corrected chi connectivity index (χ2v) is 4.87. The summed E-state index contributed by atoms with van der Waals surface area (Å²) in [5.74, 6) is 0.981. The minimum absolute atomic E-state index is 0.0820. The molecule has 1 aromatic heterocycles. The Balaban J connectivity index is 2.15. The Morgan fingerprint density at radius 1 is 1.42 bits per heavy atom. The molecule has 0 aromatic carbocycles. The number of hydrogen-bond acceptors (Lipinski definition) is 4. The van der Waals surface area contributed by atoms with Gasteiger partial charge in [0.2, 0.25) is 5.91 Å². The Morgan fingerprint density at radius 2 is 2.26 bits per heavy atom. The Morgan fingerprint density at radius 3 is 2.89 bits per heavy atom. The standard InChI is InChI=1S/C14H22N4O/c1-15-9-11-6-7-13(17-10-11)18-8-4-3-5-12(18)14(19)16-2/h6-7,10,12,15H,3-5,8-9H2,1-2H3,(H,16,19). The third-order valence-corrected chi connectivity index (χ3v) is 3.54. The quantitative estimate of drug-likeness (QED) is 0.846. The van der Waals surface area contributed by atoms with E-state index in [0.717, 1.165) is 43.7 Å². The molecule has 1 amide bonds. The van der Waals surface area contributed by atoms with Crippen LogP contribution in [0.25, 0.3) is 0 Å². The van der Waals surface area contributed by atoms with E-state index in [2.05, 4.69) is 26.6 Å². The second-order valence-electron chi connectivity index (χ2n) is 4.87. The minimum Gasteiger partial charge on any atom is -0.357 e. The Bertz CT molecular complexity index is 418. The number of nitrogens with one attached hydrogen (secondary N) is 2. The second kappa shape index (κ2) is 6.52. The van der Waals surface area contributed by atoms with Crippen molar-refractivity contribution in [3.63, 3.8) is 0 Å². The highest BCUT2D eigenvalue weighted by Gasteiger charge is 2.28. The molecule has 0 saturated carbocycles. The molecule has 19 heavy (non-hydrogen) atoms. The number of amides is 1. The van der Waals surface area contributed by atoms with Crippen molar-refractivity contribution in [3.05, 3.63) is 23.9 Å². The topological polar surface area (TPSA) is 57.3 Å². The molecule has 1 aliphatic heterocycles. The molecule has 0 bridgehead atoms. The van der Waals surface area contributed by atoms with Crippen LogP contribution in [0.3, 0.4) is 0 Å². The number of nitrogens with zero attached hydrogens (tertiary/aromatic N) is 2. The Hall–Kier alpha value is -1.62. The average Bonchev–Trinajstić information content (AvgIpc) is 2.47. The van der Waals surface area contributed by atoms with Crippen molar-refractivity contribution < 1.29 is 4.79 Å². The zero-order valence-electron chi connectivity index (χ0n) is 11.6. The first-order valence-corrected chi connectivity index (χ1v) is 6.84. The first-order chi connectivity index (χ1) is 9.26. The predicted molar refractivity (Wildman–Crippen MR) is 76.1 cm³/mol. The van der Waals surface area contributed by atoms with E-state index in [1.807, 2.05) is 19.3 Å². The van der Waals surface area contributed by atoms with Gasteiger partial charge in [-0.1, -0.05) is 6.07 Å². The number of carbonyl (C=O) groups is 1. The largest absolute Gasteiger partial charge is 0.357 e. The van der Waals surface area contributed by atoms with Crippen molar-refractivity contribution in [2.24, 2.45) is 0 Å². The highest BCUT2D eigenvalue weighted by atomic mass is 16.2. The lowest BCUT2D eigenvalue weighted by molar-refractivity contribution is -0.122. The van der Waals surface area contributed by atoms with Gasteiger partial charge in [0.15, 0.2) is 0 Å². The maximum atomic E-state index is 11.9. The smallest absolute Gasteiger partial charge is 0.242 e. The lowest BCUT2D eigenvalue weighted by Gasteiger charge is -2.35. The monoisotopic (exact) mass is 262 g/mol. The van der Waals surface area contributed by atoms with Crippen LogP contribution in [0.15, 0.2) is 18.3 Å². The van der Waals surface area contributed by atoms with Crippen LogP contribution in [0.1, 0.15) is 24.8 Å². The summed E-state index contributed by atoms with van der Waals surface area (Å²) in [5.41, 5.74) is 1.15. The van der Waals surface area contributed by atoms with Gasteiger partial charge in [-0.15, -0.1) is 0 Å². The highest BCUT2D eigenvalue weighted by molar-refractivity contribution is 5.84. The molecule has 1 aromatic rings. The number of likely N-dealkylation sites (N-methyl/N-ethyl adjacent to an activating group) is 1. The first-order valence-electron chi connectivity index (χ1n) is 6.84. The van der Waals surface area contributed by atoms with E-state index in [-0.39, 0.29) is 11.9 Å². The van der Waals surface area contributed by atoms with Crippen LogP contribution >= 0.6 is 0 Å². The Kier molecular flexibility index (Phi) is 4.74. The minimum atomic E-state index is -0.0820. The van der Waals surface area contributed by atoms with E-state index in [4.69, 9.17) is 0 Å². The zero-order valence-corrected chi connectivity index (χ0v) is 11.6. The number of rotatable bonds is 4. The van der Waals surface area contributed by atoms with Gasteiger partial charge in [0.05, 0.1) is 0 Å². The van der Waals surface area contributed by atoms with Gasteiger partial charge in [0, 0.05) is 26.3 Å². The number of piperidine rings is 1. The molecule has 2 heterocycles. The fraction of sp³-hybridized carbons (Fsp3) is 0.571. The van der Waals surface area contributed by atoms with Gasteiger partial charge in [-0.05, 0) is 37.9 Å². The van der Waals surface area contributed by atoms with Crippen LogP contribution in [0.4, 0.5) is 5.82 Å². The molecule has 1 fully saturated rings. The molecule has 1 aliphatic rings. The lowest BCUT2D eigenvalue weighted by atomic mass is 10.0.